The molecule has 53 heavy (non-hydrogen) atoms. The molecule has 1 N–H and O–H groups in total. The van der Waals surface area contributed by atoms with Gasteiger partial charge in [0.1, 0.15) is 24.1 Å². The van der Waals surface area contributed by atoms with Gasteiger partial charge in [-0.15, -0.1) is 0 Å². The number of aldehydes is 1. The molecule has 5 aromatic rings. The molecule has 12 nitrogen and oxygen atoms in total. The minimum absolute atomic E-state index is 0.180. The number of piperidine rings is 1. The summed E-state index contributed by atoms with van der Waals surface area (Å²) in [5.74, 6) is -0.522. The van der Waals surface area contributed by atoms with Crippen LogP contribution in [0.2, 0.25) is 0 Å². The number of hydrogen-bond acceptors (Lipinski definition) is 10. The Morgan fingerprint density at radius 2 is 1.74 bits per heavy atom. The van der Waals surface area contributed by atoms with E-state index in [9.17, 15) is 24.0 Å². The first-order valence-electron chi connectivity index (χ1n) is 17.6. The molecule has 2 unspecified atom stereocenters. The van der Waals surface area contributed by atoms with Crippen molar-refractivity contribution in [3.8, 4) is 33.8 Å². The van der Waals surface area contributed by atoms with E-state index in [2.05, 4.69) is 16.4 Å². The van der Waals surface area contributed by atoms with Gasteiger partial charge in [-0.05, 0) is 83.6 Å². The molecule has 2 amide bonds. The fraction of sp³-hybridized carbons (Fsp3) is 0.244. The average molecular weight is 709 g/mol. The first-order chi connectivity index (χ1) is 25.8. The SMILES string of the molecule is CN(CCOc1ccc(-n2cc(-c3ccc4c(c3)CCC4=O)c(-c3ccncc3)n2)cc1)c1ccc2c(c1)C(C(=O)C=O)N(C1CCC(=O)NC1=O)C2. The zero-order valence-electron chi connectivity index (χ0n) is 29.0. The van der Waals surface area contributed by atoms with E-state index in [1.807, 2.05) is 89.6 Å². The van der Waals surface area contributed by atoms with Crippen molar-refractivity contribution in [3.05, 3.63) is 114 Å². The van der Waals surface area contributed by atoms with Gasteiger partial charge in [0.05, 0.1) is 18.3 Å². The molecule has 0 saturated carbocycles. The lowest BCUT2D eigenvalue weighted by molar-refractivity contribution is -0.141. The van der Waals surface area contributed by atoms with Crippen molar-refractivity contribution >= 4 is 35.4 Å². The Morgan fingerprint density at radius 1 is 0.925 bits per heavy atom. The molecule has 4 heterocycles. The lowest BCUT2D eigenvalue weighted by Crippen LogP contribution is -2.52. The lowest BCUT2D eigenvalue weighted by Gasteiger charge is -2.32. The number of aryl methyl sites for hydroxylation is 1. The number of pyridine rings is 1. The van der Waals surface area contributed by atoms with Gasteiger partial charge in [-0.1, -0.05) is 24.3 Å². The molecule has 8 rings (SSSR count). The smallest absolute Gasteiger partial charge is 0.243 e. The molecular weight excluding hydrogens is 672 g/mol. The van der Waals surface area contributed by atoms with E-state index in [-0.39, 0.29) is 18.1 Å². The Morgan fingerprint density at radius 3 is 2.51 bits per heavy atom. The number of ketones is 2. The second-order valence-electron chi connectivity index (χ2n) is 13.6. The Balaban J connectivity index is 0.948. The summed E-state index contributed by atoms with van der Waals surface area (Å²) in [7, 11) is 1.92. The first-order valence-corrected chi connectivity index (χ1v) is 17.6. The number of nitrogens with zero attached hydrogens (tertiary/aromatic N) is 5. The Bertz CT molecular complexity index is 2270. The summed E-state index contributed by atoms with van der Waals surface area (Å²) in [6.07, 6.45) is 7.57. The van der Waals surface area contributed by atoms with E-state index in [0.29, 0.717) is 50.1 Å². The third-order valence-corrected chi connectivity index (χ3v) is 10.3. The number of Topliss-reactive ketones (excluding diaryl/α,β-unsaturated/α-hetero) is 2. The summed E-state index contributed by atoms with van der Waals surface area (Å²) in [5.41, 5.74) is 8.84. The van der Waals surface area contributed by atoms with Crippen molar-refractivity contribution in [2.75, 3.05) is 25.1 Å². The molecule has 3 aromatic carbocycles. The number of benzene rings is 3. The molecule has 2 aromatic heterocycles. The molecule has 266 valence electrons. The quantitative estimate of drug-likeness (QED) is 0.117. The highest BCUT2D eigenvalue weighted by Crippen LogP contribution is 2.39. The minimum Gasteiger partial charge on any atom is -0.492 e. The predicted molar refractivity (Wildman–Crippen MR) is 196 cm³/mol. The topological polar surface area (TPSA) is 144 Å². The van der Waals surface area contributed by atoms with Gasteiger partial charge in [0, 0.05) is 67.4 Å². The minimum atomic E-state index is -0.889. The Labute approximate surface area is 305 Å². The highest BCUT2D eigenvalue weighted by Gasteiger charge is 2.43. The van der Waals surface area contributed by atoms with Gasteiger partial charge >= 0.3 is 0 Å². The number of rotatable bonds is 11. The summed E-state index contributed by atoms with van der Waals surface area (Å²) < 4.78 is 7.95. The molecule has 1 saturated heterocycles. The van der Waals surface area contributed by atoms with Crippen molar-refractivity contribution in [3.63, 3.8) is 0 Å². The molecule has 2 aliphatic heterocycles. The van der Waals surface area contributed by atoms with Gasteiger partial charge < -0.3 is 9.64 Å². The maximum Gasteiger partial charge on any atom is 0.243 e. The highest BCUT2D eigenvalue weighted by molar-refractivity contribution is 6.27. The van der Waals surface area contributed by atoms with Crippen LogP contribution in [0, 0.1) is 0 Å². The van der Waals surface area contributed by atoms with Crippen LogP contribution in [0.3, 0.4) is 0 Å². The molecular formula is C41H36N6O6. The summed E-state index contributed by atoms with van der Waals surface area (Å²) in [6, 6.07) is 21.8. The number of carbonyl (C=O) groups excluding carboxylic acids is 5. The van der Waals surface area contributed by atoms with Crippen molar-refractivity contribution < 1.29 is 28.7 Å². The lowest BCUT2D eigenvalue weighted by atomic mass is 9.98. The number of ether oxygens (including phenoxy) is 1. The number of fused-ring (bicyclic) bond motifs is 2. The molecule has 1 aliphatic carbocycles. The van der Waals surface area contributed by atoms with E-state index in [0.717, 1.165) is 56.9 Å². The molecule has 0 radical (unpaired) electrons. The van der Waals surface area contributed by atoms with Crippen LogP contribution in [0.25, 0.3) is 28.1 Å². The number of amides is 2. The van der Waals surface area contributed by atoms with Crippen LogP contribution in [-0.2, 0) is 32.1 Å². The van der Waals surface area contributed by atoms with Gasteiger partial charge in [0.15, 0.2) is 12.1 Å². The molecule has 0 bridgehead atoms. The van der Waals surface area contributed by atoms with Gasteiger partial charge in [0.2, 0.25) is 17.6 Å². The van der Waals surface area contributed by atoms with Crippen LogP contribution in [0.5, 0.6) is 5.75 Å². The third kappa shape index (κ3) is 6.53. The molecule has 0 spiro atoms. The van der Waals surface area contributed by atoms with Crippen LogP contribution in [0.15, 0.2) is 91.4 Å². The Hall–Kier alpha value is -6.27. The number of hydrogen-bond donors (Lipinski definition) is 1. The van der Waals surface area contributed by atoms with Crippen LogP contribution >= 0.6 is 0 Å². The molecule has 2 atom stereocenters. The zero-order chi connectivity index (χ0) is 36.6. The van der Waals surface area contributed by atoms with Crippen LogP contribution in [-0.4, -0.2) is 75.6 Å². The summed E-state index contributed by atoms with van der Waals surface area (Å²) in [6.45, 7) is 1.24. The van der Waals surface area contributed by atoms with Crippen molar-refractivity contribution in [1.82, 2.24) is 25.0 Å². The van der Waals surface area contributed by atoms with E-state index in [1.165, 1.54) is 0 Å². The second-order valence-corrected chi connectivity index (χ2v) is 13.6. The van der Waals surface area contributed by atoms with E-state index < -0.39 is 23.8 Å². The number of anilines is 1. The summed E-state index contributed by atoms with van der Waals surface area (Å²) in [5, 5.41) is 7.32. The van der Waals surface area contributed by atoms with E-state index in [4.69, 9.17) is 9.84 Å². The fourth-order valence-electron chi connectivity index (χ4n) is 7.54. The van der Waals surface area contributed by atoms with Crippen molar-refractivity contribution in [2.24, 2.45) is 0 Å². The van der Waals surface area contributed by atoms with E-state index in [1.54, 1.807) is 17.3 Å². The standard InChI is InChI=1S/C41H36N6O6/c1-45(30-5-2-28-22-46(35-11-13-38(51)43-41(35)52)40(33(28)21-30)37(50)24-48)18-19-53-31-8-6-29(7-9-31)47-23-34(39(44-47)25-14-16-42-17-15-25)27-3-10-32-26(20-27)4-12-36(32)49/h2-3,5-10,14-17,20-21,23-24,35,40H,4,11-13,18-19,22H2,1H3,(H,43,51,52). The number of nitrogens with one attached hydrogen (secondary N) is 1. The second kappa shape index (κ2) is 14.0. The third-order valence-electron chi connectivity index (χ3n) is 10.3. The average Bonchev–Trinajstić information content (AvgIpc) is 3.90. The summed E-state index contributed by atoms with van der Waals surface area (Å²) >= 11 is 0. The van der Waals surface area contributed by atoms with Gasteiger partial charge in [-0.2, -0.15) is 5.10 Å². The van der Waals surface area contributed by atoms with Gasteiger partial charge in [-0.25, -0.2) is 4.68 Å². The largest absolute Gasteiger partial charge is 0.492 e. The molecule has 12 heteroatoms. The number of carbonyl (C=O) groups is 5. The first kappa shape index (κ1) is 33.9. The number of aromatic nitrogens is 3. The summed E-state index contributed by atoms with van der Waals surface area (Å²) in [4.78, 5) is 69.1. The monoisotopic (exact) mass is 708 g/mol. The normalized spacial score (nSPS) is 18.0. The number of imide groups is 1. The zero-order valence-corrected chi connectivity index (χ0v) is 29.0. The number of likely N-dealkylation sites (N-methyl/N-ethyl adjacent to an activating group) is 1. The predicted octanol–water partition coefficient (Wildman–Crippen LogP) is 4.68. The maximum absolute atomic E-state index is 12.9. The van der Waals surface area contributed by atoms with Crippen LogP contribution < -0.4 is 15.0 Å². The van der Waals surface area contributed by atoms with Crippen LogP contribution in [0.1, 0.15) is 52.4 Å². The van der Waals surface area contributed by atoms with E-state index >= 15 is 0 Å². The fourth-order valence-corrected chi connectivity index (χ4v) is 7.54. The van der Waals surface area contributed by atoms with Crippen LogP contribution in [0.4, 0.5) is 5.69 Å². The molecule has 1 fully saturated rings. The van der Waals surface area contributed by atoms with Crippen molar-refractivity contribution in [1.29, 1.82) is 0 Å². The maximum atomic E-state index is 12.9. The van der Waals surface area contributed by atoms with Gasteiger partial charge in [-0.3, -0.25) is 39.2 Å². The Kier molecular flexibility index (Phi) is 8.97. The highest BCUT2D eigenvalue weighted by atomic mass is 16.5. The van der Waals surface area contributed by atoms with Crippen molar-refractivity contribution in [2.45, 2.75) is 44.3 Å². The molecule has 3 aliphatic rings. The van der Waals surface area contributed by atoms with Gasteiger partial charge in [0.25, 0.3) is 0 Å².